The lowest BCUT2D eigenvalue weighted by molar-refractivity contribution is -0.141. The highest BCUT2D eigenvalue weighted by molar-refractivity contribution is 14.1. The van der Waals surface area contributed by atoms with E-state index < -0.39 is 12.0 Å². The molecule has 1 heterocycles. The number of carbonyl (C=O) groups excluding carboxylic acids is 1. The van der Waals surface area contributed by atoms with Gasteiger partial charge in [0.05, 0.1) is 0 Å². The molecule has 19 heavy (non-hydrogen) atoms. The van der Waals surface area contributed by atoms with Gasteiger partial charge in [-0.25, -0.2) is 9.59 Å². The highest BCUT2D eigenvalue weighted by Gasteiger charge is 2.34. The number of carboxylic acid groups (broad SMARTS) is 1. The van der Waals surface area contributed by atoms with Gasteiger partial charge < -0.3 is 15.3 Å². The predicted molar refractivity (Wildman–Crippen MR) is 80.3 cm³/mol. The minimum absolute atomic E-state index is 0.338. The van der Waals surface area contributed by atoms with Crippen LogP contribution in [0, 0.1) is 10.5 Å². The Kier molecular flexibility index (Phi) is 4.28. The molecule has 6 heteroatoms. The van der Waals surface area contributed by atoms with Crippen LogP contribution in [0.2, 0.25) is 0 Å². The van der Waals surface area contributed by atoms with Gasteiger partial charge >= 0.3 is 12.0 Å². The zero-order valence-corrected chi connectivity index (χ0v) is 12.7. The molecule has 0 aromatic heterocycles. The van der Waals surface area contributed by atoms with Gasteiger partial charge in [-0.15, -0.1) is 0 Å². The summed E-state index contributed by atoms with van der Waals surface area (Å²) in [5.41, 5.74) is 1.69. The van der Waals surface area contributed by atoms with Crippen molar-refractivity contribution in [3.63, 3.8) is 0 Å². The van der Waals surface area contributed by atoms with Gasteiger partial charge in [0.15, 0.2) is 0 Å². The highest BCUT2D eigenvalue weighted by Crippen LogP contribution is 2.22. The molecule has 5 nitrogen and oxygen atoms in total. The van der Waals surface area contributed by atoms with Crippen LogP contribution in [0.25, 0.3) is 0 Å². The number of hydrogen-bond acceptors (Lipinski definition) is 2. The van der Waals surface area contributed by atoms with E-state index in [9.17, 15) is 9.59 Å². The van der Waals surface area contributed by atoms with E-state index in [4.69, 9.17) is 5.11 Å². The molecule has 0 unspecified atom stereocenters. The third-order valence-corrected chi connectivity index (χ3v) is 3.91. The van der Waals surface area contributed by atoms with Crippen LogP contribution in [-0.2, 0) is 4.79 Å². The van der Waals surface area contributed by atoms with Crippen molar-refractivity contribution in [1.82, 2.24) is 4.90 Å². The molecule has 1 aromatic rings. The minimum atomic E-state index is -0.938. The van der Waals surface area contributed by atoms with E-state index in [1.165, 1.54) is 4.90 Å². The topological polar surface area (TPSA) is 69.6 Å². The van der Waals surface area contributed by atoms with E-state index in [0.29, 0.717) is 13.0 Å². The fraction of sp³-hybridized carbons (Fsp3) is 0.385. The van der Waals surface area contributed by atoms with Crippen LogP contribution in [0.15, 0.2) is 18.2 Å². The third-order valence-electron chi connectivity index (χ3n) is 3.24. The van der Waals surface area contributed by atoms with E-state index in [2.05, 4.69) is 27.9 Å². The fourth-order valence-electron chi connectivity index (χ4n) is 2.18. The summed E-state index contributed by atoms with van der Waals surface area (Å²) in [4.78, 5) is 24.6. The molecule has 0 aliphatic carbocycles. The second-order valence-electron chi connectivity index (χ2n) is 4.58. The lowest BCUT2D eigenvalue weighted by Crippen LogP contribution is -2.42. The van der Waals surface area contributed by atoms with Crippen LogP contribution in [0.3, 0.4) is 0 Å². The van der Waals surface area contributed by atoms with Crippen molar-refractivity contribution in [2.45, 2.75) is 25.8 Å². The fourth-order valence-corrected chi connectivity index (χ4v) is 2.67. The molecule has 1 aliphatic rings. The van der Waals surface area contributed by atoms with Crippen molar-refractivity contribution in [3.05, 3.63) is 27.3 Å². The number of rotatable bonds is 2. The molecule has 0 bridgehead atoms. The standard InChI is InChI=1S/C13H15IN2O3/c1-8-4-5-9(14)7-10(8)15-13(19)16-6-2-3-11(16)12(17)18/h4-5,7,11H,2-3,6H2,1H3,(H,15,19)(H,17,18)/t11-/m1/s1. The second-order valence-corrected chi connectivity index (χ2v) is 5.82. The number of carboxylic acids is 1. The van der Waals surface area contributed by atoms with Crippen molar-refractivity contribution < 1.29 is 14.7 Å². The van der Waals surface area contributed by atoms with Crippen LogP contribution in [0.1, 0.15) is 18.4 Å². The highest BCUT2D eigenvalue weighted by atomic mass is 127. The number of likely N-dealkylation sites (tertiary alicyclic amines) is 1. The normalized spacial score (nSPS) is 18.4. The van der Waals surface area contributed by atoms with Crippen molar-refractivity contribution in [3.8, 4) is 0 Å². The van der Waals surface area contributed by atoms with Crippen molar-refractivity contribution in [1.29, 1.82) is 0 Å². The SMILES string of the molecule is Cc1ccc(I)cc1NC(=O)N1CCC[C@@H]1C(=O)O. The number of hydrogen-bond donors (Lipinski definition) is 2. The van der Waals surface area contributed by atoms with Crippen LogP contribution >= 0.6 is 22.6 Å². The molecule has 2 N–H and O–H groups in total. The van der Waals surface area contributed by atoms with E-state index >= 15 is 0 Å². The average molecular weight is 374 g/mol. The molecule has 1 saturated heterocycles. The average Bonchev–Trinajstić information content (AvgIpc) is 2.83. The predicted octanol–water partition coefficient (Wildman–Crippen LogP) is 2.68. The number of benzene rings is 1. The van der Waals surface area contributed by atoms with Gasteiger partial charge in [-0.1, -0.05) is 6.07 Å². The summed E-state index contributed by atoms with van der Waals surface area (Å²) in [5.74, 6) is -0.938. The van der Waals surface area contributed by atoms with Crippen LogP contribution < -0.4 is 5.32 Å². The lowest BCUT2D eigenvalue weighted by Gasteiger charge is -2.22. The molecule has 2 amide bonds. The van der Waals surface area contributed by atoms with E-state index in [1.54, 1.807) is 0 Å². The quantitative estimate of drug-likeness (QED) is 0.783. The largest absolute Gasteiger partial charge is 0.480 e. The van der Waals surface area contributed by atoms with Crippen LogP contribution in [0.5, 0.6) is 0 Å². The first-order valence-electron chi connectivity index (χ1n) is 6.05. The summed E-state index contributed by atoms with van der Waals surface area (Å²) < 4.78 is 1.02. The second kappa shape index (κ2) is 5.77. The van der Waals surface area contributed by atoms with Gasteiger partial charge in [0, 0.05) is 15.8 Å². The number of aryl methyl sites for hydroxylation is 1. The first-order valence-corrected chi connectivity index (χ1v) is 7.13. The van der Waals surface area contributed by atoms with Gasteiger partial charge in [-0.2, -0.15) is 0 Å². The smallest absolute Gasteiger partial charge is 0.326 e. The van der Waals surface area contributed by atoms with Gasteiger partial charge in [0.25, 0.3) is 0 Å². The molecule has 2 rings (SSSR count). The summed E-state index contributed by atoms with van der Waals surface area (Å²) >= 11 is 2.17. The number of nitrogens with zero attached hydrogens (tertiary/aromatic N) is 1. The monoisotopic (exact) mass is 374 g/mol. The number of urea groups is 1. The first kappa shape index (κ1) is 14.1. The molecule has 1 aliphatic heterocycles. The number of amides is 2. The molecule has 1 aromatic carbocycles. The zero-order valence-electron chi connectivity index (χ0n) is 10.5. The molecule has 0 radical (unpaired) electrons. The molecular weight excluding hydrogens is 359 g/mol. The number of nitrogens with one attached hydrogen (secondary N) is 1. The van der Waals surface area contributed by atoms with E-state index in [-0.39, 0.29) is 6.03 Å². The molecule has 1 atom stereocenters. The van der Waals surface area contributed by atoms with Crippen molar-refractivity contribution >= 4 is 40.3 Å². The third kappa shape index (κ3) is 3.17. The van der Waals surface area contributed by atoms with Gasteiger partial charge in [0.1, 0.15) is 6.04 Å². The Morgan fingerprint density at radius 2 is 2.21 bits per heavy atom. The van der Waals surface area contributed by atoms with Gasteiger partial charge in [-0.3, -0.25) is 0 Å². The zero-order chi connectivity index (χ0) is 14.0. The molecule has 0 saturated carbocycles. The summed E-state index contributed by atoms with van der Waals surface area (Å²) in [6.45, 7) is 2.40. The molecule has 102 valence electrons. The lowest BCUT2D eigenvalue weighted by atomic mass is 10.2. The summed E-state index contributed by atoms with van der Waals surface area (Å²) in [7, 11) is 0. The first-order chi connectivity index (χ1) is 8.99. The van der Waals surface area contributed by atoms with Crippen LogP contribution in [0.4, 0.5) is 10.5 Å². The van der Waals surface area contributed by atoms with E-state index in [1.807, 2.05) is 25.1 Å². The maximum atomic E-state index is 12.1. The molecular formula is C13H15IN2O3. The molecule has 1 fully saturated rings. The Morgan fingerprint density at radius 3 is 2.89 bits per heavy atom. The maximum Gasteiger partial charge on any atom is 0.326 e. The maximum absolute atomic E-state index is 12.1. The number of carbonyl (C=O) groups is 2. The Balaban J connectivity index is 2.12. The summed E-state index contributed by atoms with van der Waals surface area (Å²) in [5, 5.41) is 11.9. The molecule has 0 spiro atoms. The van der Waals surface area contributed by atoms with Gasteiger partial charge in [-0.05, 0) is 60.1 Å². The summed E-state index contributed by atoms with van der Waals surface area (Å²) in [6.07, 6.45) is 1.25. The number of halogens is 1. The Bertz CT molecular complexity index is 519. The Hall–Kier alpha value is -1.31. The minimum Gasteiger partial charge on any atom is -0.480 e. The van der Waals surface area contributed by atoms with Crippen molar-refractivity contribution in [2.75, 3.05) is 11.9 Å². The van der Waals surface area contributed by atoms with Crippen molar-refractivity contribution in [2.24, 2.45) is 0 Å². The number of anilines is 1. The van der Waals surface area contributed by atoms with Crippen LogP contribution in [-0.4, -0.2) is 34.6 Å². The number of aliphatic carboxylic acids is 1. The Morgan fingerprint density at radius 1 is 1.47 bits per heavy atom. The summed E-state index contributed by atoms with van der Waals surface area (Å²) in [6, 6.07) is 4.72. The van der Waals surface area contributed by atoms with E-state index in [0.717, 1.165) is 21.2 Å². The Labute approximate surface area is 125 Å². The van der Waals surface area contributed by atoms with Gasteiger partial charge in [0.2, 0.25) is 0 Å².